The molecule has 6 heteroatoms. The molecule has 0 aromatic carbocycles. The van der Waals surface area contributed by atoms with Crippen LogP contribution in [0.3, 0.4) is 0 Å². The molecular weight excluding hydrogens is 312 g/mol. The molecule has 0 fully saturated rings. The summed E-state index contributed by atoms with van der Waals surface area (Å²) in [6.45, 7) is 7.75. The van der Waals surface area contributed by atoms with Gasteiger partial charge in [0.2, 0.25) is 0 Å². The van der Waals surface area contributed by atoms with Crippen LogP contribution in [0.5, 0.6) is 0 Å². The molecule has 1 aliphatic carbocycles. The van der Waals surface area contributed by atoms with Crippen LogP contribution in [0.15, 0.2) is 9.80 Å². The van der Waals surface area contributed by atoms with Crippen molar-refractivity contribution in [2.24, 2.45) is 5.41 Å². The van der Waals surface area contributed by atoms with Crippen LogP contribution in [0, 0.1) is 19.3 Å². The van der Waals surface area contributed by atoms with Gasteiger partial charge in [0.15, 0.2) is 16.7 Å². The average molecular weight is 332 g/mol. The van der Waals surface area contributed by atoms with E-state index in [1.165, 1.54) is 16.2 Å². The molecule has 3 rings (SSSR count). The fourth-order valence-electron chi connectivity index (χ4n) is 3.02. The van der Waals surface area contributed by atoms with Gasteiger partial charge in [-0.05, 0) is 19.3 Å². The number of carbonyl (C=O) groups excluding carboxylic acids is 2. The lowest BCUT2D eigenvalue weighted by atomic mass is 9.76. The van der Waals surface area contributed by atoms with E-state index in [0.29, 0.717) is 34.9 Å². The zero-order chi connectivity index (χ0) is 16.9. The van der Waals surface area contributed by atoms with Crippen molar-refractivity contribution in [2.75, 3.05) is 11.9 Å². The summed E-state index contributed by atoms with van der Waals surface area (Å²) in [5, 5.41) is 2.51. The first kappa shape index (κ1) is 15.9. The van der Waals surface area contributed by atoms with E-state index in [0.717, 1.165) is 5.69 Å². The van der Waals surface area contributed by atoms with Crippen molar-refractivity contribution in [3.8, 4) is 0 Å². The first-order valence-corrected chi connectivity index (χ1v) is 8.43. The van der Waals surface area contributed by atoms with Crippen molar-refractivity contribution in [1.82, 2.24) is 4.98 Å². The normalized spacial score (nSPS) is 16.3. The zero-order valence-corrected chi connectivity index (χ0v) is 14.8. The van der Waals surface area contributed by atoms with Gasteiger partial charge in [0.05, 0.1) is 11.3 Å². The summed E-state index contributed by atoms with van der Waals surface area (Å²) in [6, 6.07) is 0. The summed E-state index contributed by atoms with van der Waals surface area (Å²) in [5.74, 6) is 0.674. The Hall–Kier alpha value is -1.95. The SMILES string of the molecule is Cc1csc(N(C)C(=O)c2oc3c(c2C)C(=O)CC(C)(C)C3)n1. The van der Waals surface area contributed by atoms with E-state index in [1.807, 2.05) is 26.2 Å². The number of amides is 1. The number of hydrogen-bond donors (Lipinski definition) is 0. The van der Waals surface area contributed by atoms with Crippen LogP contribution in [-0.2, 0) is 6.42 Å². The van der Waals surface area contributed by atoms with Crippen LogP contribution >= 0.6 is 11.3 Å². The molecule has 0 unspecified atom stereocenters. The third kappa shape index (κ3) is 2.72. The van der Waals surface area contributed by atoms with Crippen molar-refractivity contribution < 1.29 is 14.0 Å². The highest BCUT2D eigenvalue weighted by atomic mass is 32.1. The number of aryl methyl sites for hydroxylation is 1. The van der Waals surface area contributed by atoms with E-state index in [4.69, 9.17) is 4.42 Å². The van der Waals surface area contributed by atoms with Gasteiger partial charge in [-0.2, -0.15) is 0 Å². The molecule has 2 aromatic rings. The van der Waals surface area contributed by atoms with Crippen molar-refractivity contribution in [2.45, 2.75) is 40.5 Å². The topological polar surface area (TPSA) is 63.4 Å². The lowest BCUT2D eigenvalue weighted by Crippen LogP contribution is -2.27. The van der Waals surface area contributed by atoms with Crippen molar-refractivity contribution in [3.05, 3.63) is 33.7 Å². The maximum atomic E-state index is 12.7. The molecule has 0 spiro atoms. The molecule has 2 aromatic heterocycles. The maximum Gasteiger partial charge on any atom is 0.295 e. The van der Waals surface area contributed by atoms with Crippen LogP contribution in [0.2, 0.25) is 0 Å². The molecule has 23 heavy (non-hydrogen) atoms. The quantitative estimate of drug-likeness (QED) is 0.839. The number of hydrogen-bond acceptors (Lipinski definition) is 5. The highest BCUT2D eigenvalue weighted by Gasteiger charge is 2.37. The van der Waals surface area contributed by atoms with Gasteiger partial charge in [0.1, 0.15) is 5.76 Å². The van der Waals surface area contributed by atoms with Gasteiger partial charge in [-0.15, -0.1) is 11.3 Å². The molecule has 0 aliphatic heterocycles. The van der Waals surface area contributed by atoms with E-state index in [1.54, 1.807) is 14.0 Å². The number of aromatic nitrogens is 1. The lowest BCUT2D eigenvalue weighted by Gasteiger charge is -2.27. The highest BCUT2D eigenvalue weighted by Crippen LogP contribution is 2.38. The second-order valence-corrected chi connectivity index (χ2v) is 7.77. The first-order chi connectivity index (χ1) is 10.7. The molecule has 0 saturated heterocycles. The number of furan rings is 1. The Kier molecular flexibility index (Phi) is 3.67. The second-order valence-electron chi connectivity index (χ2n) is 6.93. The third-order valence-corrected chi connectivity index (χ3v) is 5.20. The number of anilines is 1. The molecule has 1 aliphatic rings. The number of Topliss-reactive ketones (excluding diaryl/α,β-unsaturated/α-hetero) is 1. The summed E-state index contributed by atoms with van der Waals surface area (Å²) in [4.78, 5) is 31.0. The molecule has 0 atom stereocenters. The van der Waals surface area contributed by atoms with Crippen LogP contribution in [0.25, 0.3) is 0 Å². The first-order valence-electron chi connectivity index (χ1n) is 7.55. The number of ketones is 1. The maximum absolute atomic E-state index is 12.7. The van der Waals surface area contributed by atoms with Gasteiger partial charge in [0, 0.05) is 30.8 Å². The molecule has 2 heterocycles. The van der Waals surface area contributed by atoms with Gasteiger partial charge < -0.3 is 4.42 Å². The van der Waals surface area contributed by atoms with E-state index in [2.05, 4.69) is 4.98 Å². The zero-order valence-electron chi connectivity index (χ0n) is 14.0. The van der Waals surface area contributed by atoms with Gasteiger partial charge in [-0.3, -0.25) is 14.5 Å². The van der Waals surface area contributed by atoms with Gasteiger partial charge in [-0.25, -0.2) is 4.98 Å². The molecule has 0 N–H and O–H groups in total. The Morgan fingerprint density at radius 1 is 1.35 bits per heavy atom. The van der Waals surface area contributed by atoms with Crippen LogP contribution in [-0.4, -0.2) is 23.7 Å². The fraction of sp³-hybridized carbons (Fsp3) is 0.471. The number of nitrogens with zero attached hydrogens (tertiary/aromatic N) is 2. The smallest absolute Gasteiger partial charge is 0.295 e. The Morgan fingerprint density at radius 2 is 2.04 bits per heavy atom. The summed E-state index contributed by atoms with van der Waals surface area (Å²) in [5.41, 5.74) is 1.98. The van der Waals surface area contributed by atoms with Crippen LogP contribution in [0.4, 0.5) is 5.13 Å². The molecule has 5 nitrogen and oxygen atoms in total. The lowest BCUT2D eigenvalue weighted by molar-refractivity contribution is 0.0896. The van der Waals surface area contributed by atoms with Gasteiger partial charge in [0.25, 0.3) is 5.91 Å². The Balaban J connectivity index is 1.98. The Morgan fingerprint density at radius 3 is 2.65 bits per heavy atom. The predicted molar refractivity (Wildman–Crippen MR) is 89.5 cm³/mol. The highest BCUT2D eigenvalue weighted by molar-refractivity contribution is 7.14. The van der Waals surface area contributed by atoms with E-state index < -0.39 is 0 Å². The summed E-state index contributed by atoms with van der Waals surface area (Å²) in [6.07, 6.45) is 1.15. The molecule has 122 valence electrons. The Labute approximate surface area is 139 Å². The summed E-state index contributed by atoms with van der Waals surface area (Å²) < 4.78 is 5.82. The van der Waals surface area contributed by atoms with Crippen molar-refractivity contribution in [3.63, 3.8) is 0 Å². The average Bonchev–Trinajstić information content (AvgIpc) is 3.00. The number of fused-ring (bicyclic) bond motifs is 1. The van der Waals surface area contributed by atoms with E-state index in [-0.39, 0.29) is 22.9 Å². The molecule has 0 radical (unpaired) electrons. The number of carbonyl (C=O) groups is 2. The van der Waals surface area contributed by atoms with Crippen molar-refractivity contribution in [1.29, 1.82) is 0 Å². The number of thiazole rings is 1. The molecular formula is C17H20N2O3S. The van der Waals surface area contributed by atoms with Crippen molar-refractivity contribution >= 4 is 28.2 Å². The monoisotopic (exact) mass is 332 g/mol. The molecule has 1 amide bonds. The van der Waals surface area contributed by atoms with Gasteiger partial charge in [-0.1, -0.05) is 13.8 Å². The van der Waals surface area contributed by atoms with Crippen LogP contribution < -0.4 is 4.90 Å². The minimum absolute atomic E-state index is 0.0595. The van der Waals surface area contributed by atoms with E-state index >= 15 is 0 Å². The minimum atomic E-state index is -0.267. The third-order valence-electron chi connectivity index (χ3n) is 4.17. The predicted octanol–water partition coefficient (Wildman–Crippen LogP) is 3.78. The fourth-order valence-corrected chi connectivity index (χ4v) is 3.79. The number of rotatable bonds is 2. The Bertz CT molecular complexity index is 801. The summed E-state index contributed by atoms with van der Waals surface area (Å²) >= 11 is 1.41. The van der Waals surface area contributed by atoms with Gasteiger partial charge >= 0.3 is 0 Å². The second kappa shape index (κ2) is 5.30. The standard InChI is InChI=1S/C17H20N2O3S/c1-9-8-23-16(18-9)19(5)15(21)14-10(2)13-11(20)6-17(3,4)7-12(13)22-14/h8H,6-7H2,1-5H3. The van der Waals surface area contributed by atoms with E-state index in [9.17, 15) is 9.59 Å². The molecule has 0 bridgehead atoms. The van der Waals surface area contributed by atoms with Crippen LogP contribution in [0.1, 0.15) is 58.2 Å². The minimum Gasteiger partial charge on any atom is -0.455 e. The largest absolute Gasteiger partial charge is 0.455 e. The summed E-state index contributed by atoms with van der Waals surface area (Å²) in [7, 11) is 1.67. The molecule has 0 saturated carbocycles.